The molecule has 114 valence electrons. The lowest BCUT2D eigenvalue weighted by Gasteiger charge is -2.26. The molecule has 1 unspecified atom stereocenters. The highest BCUT2D eigenvalue weighted by Crippen LogP contribution is 2.37. The molecule has 0 fully saturated rings. The van der Waals surface area contributed by atoms with Crippen LogP contribution in [0.1, 0.15) is 36.5 Å². The van der Waals surface area contributed by atoms with E-state index in [4.69, 9.17) is 0 Å². The van der Waals surface area contributed by atoms with Gasteiger partial charge in [-0.1, -0.05) is 22.9 Å². The molecule has 0 aliphatic carbocycles. The number of nitrogens with zero attached hydrogens (tertiary/aromatic N) is 1. The van der Waals surface area contributed by atoms with Crippen LogP contribution in [-0.2, 0) is 17.8 Å². The number of amides is 1. The third kappa shape index (κ3) is 3.59. The van der Waals surface area contributed by atoms with Gasteiger partial charge in [0.05, 0.1) is 0 Å². The maximum atomic E-state index is 11.5. The molecule has 0 spiro atoms. The molecule has 7 heteroatoms. The minimum absolute atomic E-state index is 0.157. The molecule has 1 aromatic carbocycles. The van der Waals surface area contributed by atoms with Crippen LogP contribution in [0.3, 0.4) is 0 Å². The van der Waals surface area contributed by atoms with Gasteiger partial charge in [-0.2, -0.15) is 0 Å². The Morgan fingerprint density at radius 3 is 2.90 bits per heavy atom. The van der Waals surface area contributed by atoms with Crippen LogP contribution in [0, 0.1) is 10.1 Å². The summed E-state index contributed by atoms with van der Waals surface area (Å²) < 4.78 is 0.934. The number of anilines is 1. The lowest BCUT2D eigenvalue weighted by atomic mass is 9.90. The summed E-state index contributed by atoms with van der Waals surface area (Å²) in [5, 5.41) is 17.0. The smallest absolute Gasteiger partial charge is 0.221 e. The molecule has 21 heavy (non-hydrogen) atoms. The number of carbonyl (C=O) groups excluding carboxylic acids is 1. The van der Waals surface area contributed by atoms with Gasteiger partial charge >= 0.3 is 0 Å². The van der Waals surface area contributed by atoms with Crippen molar-refractivity contribution in [3.8, 4) is 0 Å². The van der Waals surface area contributed by atoms with Crippen molar-refractivity contribution in [3.63, 3.8) is 0 Å². The largest absolute Gasteiger partial charge is 0.326 e. The SMILES string of the molecule is CC(=O)Nc1c(C(C)C[N+](=O)[O-])cc(Br)c2c1CCNC2. The summed E-state index contributed by atoms with van der Waals surface area (Å²) >= 11 is 3.55. The summed E-state index contributed by atoms with van der Waals surface area (Å²) in [4.78, 5) is 22.0. The fraction of sp³-hybridized carbons (Fsp3) is 0.500. The Bertz CT molecular complexity index is 589. The molecular weight excluding hydrogens is 338 g/mol. The molecule has 1 atom stereocenters. The zero-order valence-corrected chi connectivity index (χ0v) is 13.6. The van der Waals surface area contributed by atoms with Gasteiger partial charge in [0.15, 0.2) is 0 Å². The summed E-state index contributed by atoms with van der Waals surface area (Å²) in [5.74, 6) is -0.425. The molecule has 0 aromatic heterocycles. The Kier molecular flexibility index (Phi) is 4.95. The topological polar surface area (TPSA) is 84.3 Å². The van der Waals surface area contributed by atoms with Crippen molar-refractivity contribution in [1.29, 1.82) is 0 Å². The molecule has 1 aliphatic heterocycles. The molecule has 6 nitrogen and oxygen atoms in total. The highest BCUT2D eigenvalue weighted by atomic mass is 79.9. The zero-order chi connectivity index (χ0) is 15.6. The van der Waals surface area contributed by atoms with Gasteiger partial charge in [0.1, 0.15) is 0 Å². The van der Waals surface area contributed by atoms with Crippen molar-refractivity contribution in [2.24, 2.45) is 0 Å². The van der Waals surface area contributed by atoms with Crippen molar-refractivity contribution in [2.75, 3.05) is 18.4 Å². The molecule has 0 radical (unpaired) electrons. The lowest BCUT2D eigenvalue weighted by molar-refractivity contribution is -0.482. The standard InChI is InChI=1S/C14H18BrN3O3/c1-8(7-18(20)21)11-5-13(15)12-6-16-4-3-10(12)14(11)17-9(2)19/h5,8,16H,3-4,6-7H2,1-2H3,(H,17,19). The van der Waals surface area contributed by atoms with E-state index < -0.39 is 0 Å². The van der Waals surface area contributed by atoms with E-state index in [2.05, 4.69) is 26.6 Å². The second kappa shape index (κ2) is 6.53. The number of hydrogen-bond acceptors (Lipinski definition) is 4. The molecule has 1 amide bonds. The van der Waals surface area contributed by atoms with E-state index >= 15 is 0 Å². The predicted octanol–water partition coefficient (Wildman–Crippen LogP) is 2.43. The van der Waals surface area contributed by atoms with E-state index in [9.17, 15) is 14.9 Å². The first-order chi connectivity index (χ1) is 9.90. The van der Waals surface area contributed by atoms with Gasteiger partial charge < -0.3 is 10.6 Å². The van der Waals surface area contributed by atoms with Crippen LogP contribution >= 0.6 is 15.9 Å². The van der Waals surface area contributed by atoms with Crippen molar-refractivity contribution < 1.29 is 9.72 Å². The molecule has 0 saturated heterocycles. The summed E-state index contributed by atoms with van der Waals surface area (Å²) in [6, 6.07) is 1.89. The maximum absolute atomic E-state index is 11.5. The van der Waals surface area contributed by atoms with Gasteiger partial charge in [0.2, 0.25) is 12.5 Å². The predicted molar refractivity (Wildman–Crippen MR) is 84.1 cm³/mol. The van der Waals surface area contributed by atoms with Crippen LogP contribution < -0.4 is 10.6 Å². The normalized spacial score (nSPS) is 15.2. The lowest BCUT2D eigenvalue weighted by Crippen LogP contribution is -2.27. The molecule has 1 aromatic rings. The van der Waals surface area contributed by atoms with Crippen molar-refractivity contribution in [3.05, 3.63) is 37.3 Å². The van der Waals surface area contributed by atoms with Gasteiger partial charge in [0.25, 0.3) is 0 Å². The average Bonchev–Trinajstić information content (AvgIpc) is 2.40. The Balaban J connectivity index is 2.54. The average molecular weight is 356 g/mol. The van der Waals surface area contributed by atoms with Crippen molar-refractivity contribution in [2.45, 2.75) is 32.7 Å². The maximum Gasteiger partial charge on any atom is 0.221 e. The van der Waals surface area contributed by atoms with Gasteiger partial charge in [0, 0.05) is 34.5 Å². The van der Waals surface area contributed by atoms with Crippen LogP contribution in [0.25, 0.3) is 0 Å². The first kappa shape index (κ1) is 15.9. The highest BCUT2D eigenvalue weighted by molar-refractivity contribution is 9.10. The second-order valence-corrected chi connectivity index (χ2v) is 6.16. The Hall–Kier alpha value is -1.47. The van der Waals surface area contributed by atoms with E-state index in [1.54, 1.807) is 0 Å². The van der Waals surface area contributed by atoms with Crippen LogP contribution in [0.2, 0.25) is 0 Å². The Labute approximate surface area is 131 Å². The first-order valence-electron chi connectivity index (χ1n) is 6.84. The van der Waals surface area contributed by atoms with Crippen LogP contribution in [0.5, 0.6) is 0 Å². The summed E-state index contributed by atoms with van der Waals surface area (Å²) in [7, 11) is 0. The third-order valence-electron chi connectivity index (χ3n) is 3.63. The monoisotopic (exact) mass is 355 g/mol. The molecule has 0 bridgehead atoms. The van der Waals surface area contributed by atoms with Crippen LogP contribution in [0.4, 0.5) is 5.69 Å². The van der Waals surface area contributed by atoms with Gasteiger partial charge in [-0.3, -0.25) is 14.9 Å². The van der Waals surface area contributed by atoms with Gasteiger partial charge in [-0.05, 0) is 35.7 Å². The third-order valence-corrected chi connectivity index (χ3v) is 4.34. The molecule has 2 rings (SSSR count). The minimum Gasteiger partial charge on any atom is -0.326 e. The van der Waals surface area contributed by atoms with E-state index in [0.717, 1.165) is 46.4 Å². The van der Waals surface area contributed by atoms with Gasteiger partial charge in [-0.15, -0.1) is 0 Å². The Morgan fingerprint density at radius 1 is 1.57 bits per heavy atom. The van der Waals surface area contributed by atoms with E-state index in [1.807, 2.05) is 13.0 Å². The number of benzene rings is 1. The summed E-state index contributed by atoms with van der Waals surface area (Å²) in [6.45, 7) is 4.67. The van der Waals surface area contributed by atoms with E-state index in [0.29, 0.717) is 0 Å². The number of hydrogen-bond donors (Lipinski definition) is 2. The summed E-state index contributed by atoms with van der Waals surface area (Å²) in [5.41, 5.74) is 3.75. The van der Waals surface area contributed by atoms with Crippen molar-refractivity contribution >= 4 is 27.5 Å². The molecule has 1 heterocycles. The fourth-order valence-corrected chi connectivity index (χ4v) is 3.32. The number of nitrogens with one attached hydrogen (secondary N) is 2. The number of carbonyl (C=O) groups is 1. The van der Waals surface area contributed by atoms with Crippen LogP contribution in [0.15, 0.2) is 10.5 Å². The Morgan fingerprint density at radius 2 is 2.29 bits per heavy atom. The zero-order valence-electron chi connectivity index (χ0n) is 12.0. The number of halogens is 1. The van der Waals surface area contributed by atoms with Crippen LogP contribution in [-0.4, -0.2) is 23.9 Å². The quantitative estimate of drug-likeness (QED) is 0.641. The molecule has 2 N–H and O–H groups in total. The van der Waals surface area contributed by atoms with E-state index in [1.165, 1.54) is 6.92 Å². The summed E-state index contributed by atoms with van der Waals surface area (Å²) in [6.07, 6.45) is 0.794. The molecular formula is C14H18BrN3O3. The minimum atomic E-state index is -0.322. The van der Waals surface area contributed by atoms with E-state index in [-0.39, 0.29) is 23.3 Å². The first-order valence-corrected chi connectivity index (χ1v) is 7.63. The second-order valence-electron chi connectivity index (χ2n) is 5.30. The van der Waals surface area contributed by atoms with Crippen molar-refractivity contribution in [1.82, 2.24) is 5.32 Å². The van der Waals surface area contributed by atoms with Gasteiger partial charge in [-0.25, -0.2) is 0 Å². The number of fused-ring (bicyclic) bond motifs is 1. The molecule has 0 saturated carbocycles. The number of rotatable bonds is 4. The number of nitro groups is 1. The highest BCUT2D eigenvalue weighted by Gasteiger charge is 2.24. The fourth-order valence-electron chi connectivity index (χ4n) is 2.69. The molecule has 1 aliphatic rings.